The van der Waals surface area contributed by atoms with Crippen molar-refractivity contribution >= 4 is 17.9 Å². The molecule has 0 aromatic rings. The minimum absolute atomic E-state index is 0.0644. The lowest BCUT2D eigenvalue weighted by atomic mass is 10.00. The summed E-state index contributed by atoms with van der Waals surface area (Å²) in [4.78, 5) is 38.1. The molecule has 64 heavy (non-hydrogen) atoms. The van der Waals surface area contributed by atoms with Crippen molar-refractivity contribution < 1.29 is 28.6 Å². The molecule has 0 aliphatic heterocycles. The Kier molecular flexibility index (Phi) is 48.1. The van der Waals surface area contributed by atoms with Gasteiger partial charge in [-0.05, 0) is 37.0 Å². The predicted octanol–water partition coefficient (Wildman–Crippen LogP) is 18.7. The molecule has 0 aliphatic carbocycles. The van der Waals surface area contributed by atoms with Crippen LogP contribution in [0.15, 0.2) is 0 Å². The van der Waals surface area contributed by atoms with Crippen LogP contribution < -0.4 is 0 Å². The molecular weight excluding hydrogens is 793 g/mol. The molecule has 0 heterocycles. The van der Waals surface area contributed by atoms with Crippen LogP contribution in [-0.2, 0) is 28.6 Å². The maximum Gasteiger partial charge on any atom is 0.306 e. The summed E-state index contributed by atoms with van der Waals surface area (Å²) in [5.74, 6) is 1.66. The molecule has 0 saturated carbocycles. The van der Waals surface area contributed by atoms with E-state index in [2.05, 4.69) is 41.5 Å². The van der Waals surface area contributed by atoms with Crippen molar-refractivity contribution in [1.82, 2.24) is 0 Å². The standard InChI is InChI=1S/C58H112O6/c1-7-54(6)46-40-34-30-31-36-42-48-57(60)63-51-55(64-58(61)49-43-37-29-25-21-17-16-19-23-27-33-39-45-53(4)5)50-62-56(59)47-41-35-28-24-20-15-13-11-9-8-10-12-14-18-22-26-32-38-44-52(2)3/h52-55H,7-51H2,1-6H3/t54?,55-/m1/s1. The van der Waals surface area contributed by atoms with Gasteiger partial charge in [-0.15, -0.1) is 0 Å². The normalized spacial score (nSPS) is 12.6. The molecule has 0 N–H and O–H groups in total. The third-order valence-electron chi connectivity index (χ3n) is 13.5. The molecule has 0 aliphatic rings. The first-order valence-electron chi connectivity index (χ1n) is 28.6. The van der Waals surface area contributed by atoms with E-state index in [1.54, 1.807) is 0 Å². The topological polar surface area (TPSA) is 78.9 Å². The first kappa shape index (κ1) is 62.4. The second-order valence-corrected chi connectivity index (χ2v) is 21.1. The van der Waals surface area contributed by atoms with Crippen molar-refractivity contribution in [3.63, 3.8) is 0 Å². The lowest BCUT2D eigenvalue weighted by Gasteiger charge is -2.18. The van der Waals surface area contributed by atoms with Gasteiger partial charge in [-0.25, -0.2) is 0 Å². The average molecular weight is 906 g/mol. The van der Waals surface area contributed by atoms with Gasteiger partial charge in [0.1, 0.15) is 13.2 Å². The van der Waals surface area contributed by atoms with Crippen molar-refractivity contribution in [2.75, 3.05) is 13.2 Å². The molecule has 0 fully saturated rings. The Morgan fingerprint density at radius 3 is 0.812 bits per heavy atom. The Hall–Kier alpha value is -1.59. The van der Waals surface area contributed by atoms with E-state index in [1.807, 2.05) is 0 Å². The molecule has 1 unspecified atom stereocenters. The molecule has 0 amide bonds. The zero-order valence-electron chi connectivity index (χ0n) is 44.1. The lowest BCUT2D eigenvalue weighted by Crippen LogP contribution is -2.30. The number of hydrogen-bond acceptors (Lipinski definition) is 6. The molecule has 0 aromatic heterocycles. The van der Waals surface area contributed by atoms with Crippen LogP contribution >= 0.6 is 0 Å². The molecule has 380 valence electrons. The molecule has 0 saturated heterocycles. The molecule has 0 aromatic carbocycles. The van der Waals surface area contributed by atoms with Crippen LogP contribution in [0.4, 0.5) is 0 Å². The minimum atomic E-state index is -0.764. The summed E-state index contributed by atoms with van der Waals surface area (Å²) >= 11 is 0. The Balaban J connectivity index is 4.22. The SMILES string of the molecule is CCC(C)CCCCCCCCC(=O)OC[C@@H](COC(=O)CCCCCCCCCCCCCCCCCCCCC(C)C)OC(=O)CCCCCCCCCCCCCCC(C)C. The summed E-state index contributed by atoms with van der Waals surface area (Å²) in [6.07, 6.45) is 51.0. The quantitative estimate of drug-likeness (QED) is 0.0344. The number of carbonyl (C=O) groups is 3. The van der Waals surface area contributed by atoms with Gasteiger partial charge in [-0.3, -0.25) is 14.4 Å². The van der Waals surface area contributed by atoms with E-state index in [0.717, 1.165) is 75.5 Å². The van der Waals surface area contributed by atoms with E-state index in [9.17, 15) is 14.4 Å². The summed E-state index contributed by atoms with van der Waals surface area (Å²) < 4.78 is 16.9. The smallest absolute Gasteiger partial charge is 0.306 e. The average Bonchev–Trinajstić information content (AvgIpc) is 3.27. The lowest BCUT2D eigenvalue weighted by molar-refractivity contribution is -0.167. The van der Waals surface area contributed by atoms with Crippen molar-refractivity contribution in [2.24, 2.45) is 17.8 Å². The highest BCUT2D eigenvalue weighted by Crippen LogP contribution is 2.19. The van der Waals surface area contributed by atoms with Gasteiger partial charge < -0.3 is 14.2 Å². The van der Waals surface area contributed by atoms with Gasteiger partial charge in [0.15, 0.2) is 6.10 Å². The summed E-state index contributed by atoms with van der Waals surface area (Å²) in [5, 5.41) is 0. The fraction of sp³-hybridized carbons (Fsp3) is 0.948. The Labute approximate surface area is 399 Å². The van der Waals surface area contributed by atoms with Gasteiger partial charge >= 0.3 is 17.9 Å². The predicted molar refractivity (Wildman–Crippen MR) is 275 cm³/mol. The summed E-state index contributed by atoms with van der Waals surface area (Å²) in [6, 6.07) is 0. The monoisotopic (exact) mass is 905 g/mol. The van der Waals surface area contributed by atoms with E-state index in [1.165, 1.54) is 199 Å². The summed E-state index contributed by atoms with van der Waals surface area (Å²) in [5.41, 5.74) is 0. The molecule has 0 rings (SSSR count). The number of ether oxygens (including phenoxy) is 3. The molecule has 0 radical (unpaired) electrons. The zero-order chi connectivity index (χ0) is 47.0. The second kappa shape index (κ2) is 49.3. The van der Waals surface area contributed by atoms with Crippen LogP contribution in [0.25, 0.3) is 0 Å². The van der Waals surface area contributed by atoms with Gasteiger partial charge in [0, 0.05) is 19.3 Å². The molecule has 0 spiro atoms. The van der Waals surface area contributed by atoms with Crippen LogP contribution in [-0.4, -0.2) is 37.2 Å². The zero-order valence-corrected chi connectivity index (χ0v) is 44.1. The van der Waals surface area contributed by atoms with Crippen molar-refractivity contribution in [3.8, 4) is 0 Å². The first-order valence-corrected chi connectivity index (χ1v) is 28.6. The number of carbonyl (C=O) groups excluding carboxylic acids is 3. The van der Waals surface area contributed by atoms with Gasteiger partial charge in [0.25, 0.3) is 0 Å². The third kappa shape index (κ3) is 49.8. The van der Waals surface area contributed by atoms with Crippen LogP contribution in [0, 0.1) is 17.8 Å². The molecule has 6 heteroatoms. The molecular formula is C58H112O6. The van der Waals surface area contributed by atoms with Crippen molar-refractivity contribution in [1.29, 1.82) is 0 Å². The van der Waals surface area contributed by atoms with Crippen LogP contribution in [0.3, 0.4) is 0 Å². The fourth-order valence-electron chi connectivity index (χ4n) is 8.79. The Bertz CT molecular complexity index is 993. The fourth-order valence-corrected chi connectivity index (χ4v) is 8.79. The highest BCUT2D eigenvalue weighted by molar-refractivity contribution is 5.71. The van der Waals surface area contributed by atoms with Crippen LogP contribution in [0.1, 0.15) is 318 Å². The molecule has 0 bridgehead atoms. The van der Waals surface area contributed by atoms with Crippen molar-refractivity contribution in [3.05, 3.63) is 0 Å². The van der Waals surface area contributed by atoms with E-state index in [4.69, 9.17) is 14.2 Å². The van der Waals surface area contributed by atoms with E-state index in [0.29, 0.717) is 19.3 Å². The van der Waals surface area contributed by atoms with Crippen molar-refractivity contribution in [2.45, 2.75) is 324 Å². The third-order valence-corrected chi connectivity index (χ3v) is 13.5. The summed E-state index contributed by atoms with van der Waals surface area (Å²) in [7, 11) is 0. The highest BCUT2D eigenvalue weighted by Gasteiger charge is 2.19. The first-order chi connectivity index (χ1) is 31.1. The van der Waals surface area contributed by atoms with E-state index >= 15 is 0 Å². The Morgan fingerprint density at radius 2 is 0.547 bits per heavy atom. The largest absolute Gasteiger partial charge is 0.462 e. The highest BCUT2D eigenvalue weighted by atomic mass is 16.6. The maximum absolute atomic E-state index is 12.8. The number of rotatable bonds is 51. The maximum atomic E-state index is 12.8. The molecule has 2 atom stereocenters. The number of unbranched alkanes of at least 4 members (excludes halogenated alkanes) is 33. The second-order valence-electron chi connectivity index (χ2n) is 21.1. The van der Waals surface area contributed by atoms with Gasteiger partial charge in [-0.1, -0.05) is 279 Å². The molecule has 6 nitrogen and oxygen atoms in total. The number of hydrogen-bond donors (Lipinski definition) is 0. The summed E-state index contributed by atoms with van der Waals surface area (Å²) in [6.45, 7) is 13.7. The van der Waals surface area contributed by atoms with Gasteiger partial charge in [-0.2, -0.15) is 0 Å². The minimum Gasteiger partial charge on any atom is -0.462 e. The van der Waals surface area contributed by atoms with Gasteiger partial charge in [0.2, 0.25) is 0 Å². The van der Waals surface area contributed by atoms with E-state index < -0.39 is 6.10 Å². The Morgan fingerprint density at radius 1 is 0.312 bits per heavy atom. The van der Waals surface area contributed by atoms with Crippen LogP contribution in [0.2, 0.25) is 0 Å². The number of esters is 3. The van der Waals surface area contributed by atoms with E-state index in [-0.39, 0.29) is 31.1 Å². The van der Waals surface area contributed by atoms with Crippen LogP contribution in [0.5, 0.6) is 0 Å². The van der Waals surface area contributed by atoms with Gasteiger partial charge in [0.05, 0.1) is 0 Å².